The maximum absolute atomic E-state index is 13.8. The zero-order chi connectivity index (χ0) is 31.8. The molecule has 3 atom stereocenters. The number of carbonyl (C=O) groups excluding carboxylic acids is 2. The molecule has 0 radical (unpaired) electrons. The predicted molar refractivity (Wildman–Crippen MR) is 176 cm³/mol. The van der Waals surface area contributed by atoms with Gasteiger partial charge in [-0.25, -0.2) is 0 Å². The lowest BCUT2D eigenvalue weighted by Gasteiger charge is -2.38. The standard InChI is InChI=1S/C36H46N4O5/c1-26-22-40(27(2)25-41)36(43)32-21-31(37-35(42)15-16-39-17-19-44-20-18-39)13-14-33(32)45-34(26)24-38(3)23-28-9-11-30(12-10-28)29-7-5-4-6-8-29/h4-14,21,26-27,34,41H,15-20,22-25H2,1-3H3,(H,37,42)/t26-,27-,34-/m1/s1. The third-order valence-corrected chi connectivity index (χ3v) is 8.71. The van der Waals surface area contributed by atoms with Crippen molar-refractivity contribution >= 4 is 17.5 Å². The van der Waals surface area contributed by atoms with Gasteiger partial charge >= 0.3 is 0 Å². The summed E-state index contributed by atoms with van der Waals surface area (Å²) >= 11 is 0. The number of fused-ring (bicyclic) bond motifs is 1. The zero-order valence-electron chi connectivity index (χ0n) is 26.7. The van der Waals surface area contributed by atoms with Crippen LogP contribution in [0.15, 0.2) is 72.8 Å². The van der Waals surface area contributed by atoms with Crippen molar-refractivity contribution < 1.29 is 24.2 Å². The van der Waals surface area contributed by atoms with E-state index in [2.05, 4.69) is 65.5 Å². The van der Waals surface area contributed by atoms with E-state index in [0.29, 0.717) is 56.3 Å². The molecule has 0 bridgehead atoms. The Morgan fingerprint density at radius 1 is 1.04 bits per heavy atom. The van der Waals surface area contributed by atoms with E-state index >= 15 is 0 Å². The fourth-order valence-electron chi connectivity index (χ4n) is 5.94. The Bertz CT molecular complexity index is 1410. The second-order valence-corrected chi connectivity index (χ2v) is 12.3. The van der Waals surface area contributed by atoms with Gasteiger partial charge in [-0.05, 0) is 48.9 Å². The number of nitrogens with zero attached hydrogens (tertiary/aromatic N) is 3. The number of benzene rings is 3. The molecule has 0 spiro atoms. The number of likely N-dealkylation sites (N-methyl/N-ethyl adjacent to an activating group) is 1. The van der Waals surface area contributed by atoms with Gasteiger partial charge in [0.15, 0.2) is 0 Å². The zero-order valence-corrected chi connectivity index (χ0v) is 26.7. The minimum atomic E-state index is -0.362. The van der Waals surface area contributed by atoms with E-state index in [1.54, 1.807) is 23.1 Å². The molecule has 3 aromatic carbocycles. The molecule has 1 saturated heterocycles. The van der Waals surface area contributed by atoms with Crippen LogP contribution in [0.5, 0.6) is 5.75 Å². The number of aliphatic hydroxyl groups excluding tert-OH is 1. The lowest BCUT2D eigenvalue weighted by molar-refractivity contribution is -0.116. The molecule has 240 valence electrons. The van der Waals surface area contributed by atoms with Crippen LogP contribution in [0, 0.1) is 5.92 Å². The summed E-state index contributed by atoms with van der Waals surface area (Å²) in [6.45, 7) is 9.33. The minimum absolute atomic E-state index is 0.0126. The third-order valence-electron chi connectivity index (χ3n) is 8.71. The highest BCUT2D eigenvalue weighted by Crippen LogP contribution is 2.31. The maximum atomic E-state index is 13.8. The van der Waals surface area contributed by atoms with E-state index in [-0.39, 0.29) is 36.5 Å². The van der Waals surface area contributed by atoms with Crippen molar-refractivity contribution in [3.05, 3.63) is 83.9 Å². The van der Waals surface area contributed by atoms with Crippen LogP contribution < -0.4 is 10.1 Å². The second kappa shape index (κ2) is 15.5. The van der Waals surface area contributed by atoms with Gasteiger partial charge in [-0.15, -0.1) is 0 Å². The first kappa shape index (κ1) is 32.6. The van der Waals surface area contributed by atoms with Crippen LogP contribution in [0.1, 0.15) is 36.2 Å². The number of carbonyl (C=O) groups is 2. The Labute approximate surface area is 266 Å². The number of amides is 2. The first-order chi connectivity index (χ1) is 21.8. The highest BCUT2D eigenvalue weighted by Gasteiger charge is 2.33. The van der Waals surface area contributed by atoms with Gasteiger partial charge in [0.25, 0.3) is 5.91 Å². The molecule has 2 N–H and O–H groups in total. The average Bonchev–Trinajstić information content (AvgIpc) is 3.06. The Morgan fingerprint density at radius 2 is 1.76 bits per heavy atom. The van der Waals surface area contributed by atoms with Crippen molar-refractivity contribution in [3.63, 3.8) is 0 Å². The monoisotopic (exact) mass is 614 g/mol. The number of rotatable bonds is 11. The SMILES string of the molecule is C[C@@H]1CN([C@H](C)CO)C(=O)c2cc(NC(=O)CCN3CCOCC3)ccc2O[C@@H]1CN(C)Cc1ccc(-c2ccccc2)cc1. The number of hydrogen-bond donors (Lipinski definition) is 2. The molecule has 0 aliphatic carbocycles. The van der Waals surface area contributed by atoms with Gasteiger partial charge in [-0.3, -0.25) is 19.4 Å². The smallest absolute Gasteiger partial charge is 0.258 e. The van der Waals surface area contributed by atoms with Crippen LogP contribution in [0.2, 0.25) is 0 Å². The third kappa shape index (κ3) is 8.70. The van der Waals surface area contributed by atoms with Gasteiger partial charge in [0.05, 0.1) is 31.4 Å². The highest BCUT2D eigenvalue weighted by atomic mass is 16.5. The van der Waals surface area contributed by atoms with E-state index in [1.165, 1.54) is 16.7 Å². The van der Waals surface area contributed by atoms with Crippen LogP contribution in [-0.4, -0.2) is 103 Å². The summed E-state index contributed by atoms with van der Waals surface area (Å²) in [5.41, 5.74) is 4.52. The number of aliphatic hydroxyl groups is 1. The van der Waals surface area contributed by atoms with Gasteiger partial charge in [-0.1, -0.05) is 61.5 Å². The van der Waals surface area contributed by atoms with E-state index in [0.717, 1.165) is 19.6 Å². The maximum Gasteiger partial charge on any atom is 0.258 e. The molecule has 2 amide bonds. The van der Waals surface area contributed by atoms with E-state index in [1.807, 2.05) is 25.1 Å². The van der Waals surface area contributed by atoms with Crippen molar-refractivity contribution in [1.82, 2.24) is 14.7 Å². The van der Waals surface area contributed by atoms with Crippen molar-refractivity contribution in [2.75, 3.05) is 64.9 Å². The molecule has 9 nitrogen and oxygen atoms in total. The van der Waals surface area contributed by atoms with E-state index < -0.39 is 0 Å². The fraction of sp³-hybridized carbons (Fsp3) is 0.444. The summed E-state index contributed by atoms with van der Waals surface area (Å²) in [6, 6.07) is 23.9. The van der Waals surface area contributed by atoms with E-state index in [9.17, 15) is 14.7 Å². The first-order valence-corrected chi connectivity index (χ1v) is 16.0. The molecular weight excluding hydrogens is 568 g/mol. The average molecular weight is 615 g/mol. The predicted octanol–water partition coefficient (Wildman–Crippen LogP) is 4.37. The molecule has 1 fully saturated rings. The number of nitrogens with one attached hydrogen (secondary N) is 1. The lowest BCUT2D eigenvalue weighted by Crippen LogP contribution is -2.49. The van der Waals surface area contributed by atoms with Crippen molar-refractivity contribution in [1.29, 1.82) is 0 Å². The fourth-order valence-corrected chi connectivity index (χ4v) is 5.94. The van der Waals surface area contributed by atoms with Crippen LogP contribution in [0.4, 0.5) is 5.69 Å². The molecule has 45 heavy (non-hydrogen) atoms. The largest absolute Gasteiger partial charge is 0.488 e. The molecule has 0 unspecified atom stereocenters. The van der Waals surface area contributed by atoms with Gasteiger partial charge in [0.1, 0.15) is 11.9 Å². The van der Waals surface area contributed by atoms with Crippen LogP contribution in [0.25, 0.3) is 11.1 Å². The van der Waals surface area contributed by atoms with Crippen LogP contribution in [0.3, 0.4) is 0 Å². The topological polar surface area (TPSA) is 94.6 Å². The van der Waals surface area contributed by atoms with Gasteiger partial charge < -0.3 is 24.8 Å². The highest BCUT2D eigenvalue weighted by molar-refractivity contribution is 6.00. The molecule has 9 heteroatoms. The van der Waals surface area contributed by atoms with E-state index in [4.69, 9.17) is 9.47 Å². The summed E-state index contributed by atoms with van der Waals surface area (Å²) in [5, 5.41) is 13.0. The number of morpholine rings is 1. The van der Waals surface area contributed by atoms with Gasteiger partial charge in [-0.2, -0.15) is 0 Å². The second-order valence-electron chi connectivity index (χ2n) is 12.3. The Hall–Kier alpha value is -3.76. The van der Waals surface area contributed by atoms with Crippen LogP contribution in [-0.2, 0) is 16.1 Å². The summed E-state index contributed by atoms with van der Waals surface area (Å²) in [6.07, 6.45) is 0.156. The first-order valence-electron chi connectivity index (χ1n) is 16.0. The summed E-state index contributed by atoms with van der Waals surface area (Å²) in [5.74, 6) is 0.177. The summed E-state index contributed by atoms with van der Waals surface area (Å²) in [4.78, 5) is 32.8. The molecule has 0 saturated carbocycles. The Kier molecular flexibility index (Phi) is 11.2. The molecule has 2 aliphatic heterocycles. The molecule has 3 aromatic rings. The molecule has 0 aromatic heterocycles. The van der Waals surface area contributed by atoms with Gasteiger partial charge in [0, 0.05) is 57.3 Å². The summed E-state index contributed by atoms with van der Waals surface area (Å²) < 4.78 is 12.0. The Balaban J connectivity index is 1.28. The van der Waals surface area contributed by atoms with Crippen molar-refractivity contribution in [3.8, 4) is 16.9 Å². The molecule has 2 aliphatic rings. The molecule has 2 heterocycles. The Morgan fingerprint density at radius 3 is 2.47 bits per heavy atom. The molecule has 5 rings (SSSR count). The molecular formula is C36H46N4O5. The minimum Gasteiger partial charge on any atom is -0.488 e. The summed E-state index contributed by atoms with van der Waals surface area (Å²) in [7, 11) is 2.08. The lowest BCUT2D eigenvalue weighted by atomic mass is 9.99. The number of anilines is 1. The normalized spacial score (nSPS) is 19.8. The quantitative estimate of drug-likeness (QED) is 0.331. The van der Waals surface area contributed by atoms with Crippen molar-refractivity contribution in [2.45, 2.75) is 39.0 Å². The van der Waals surface area contributed by atoms with Crippen molar-refractivity contribution in [2.24, 2.45) is 5.92 Å². The van der Waals surface area contributed by atoms with Crippen LogP contribution >= 0.6 is 0 Å². The van der Waals surface area contributed by atoms with Gasteiger partial charge in [0.2, 0.25) is 5.91 Å². The number of ether oxygens (including phenoxy) is 2. The number of hydrogen-bond acceptors (Lipinski definition) is 7.